The molecule has 1 aliphatic rings. The summed E-state index contributed by atoms with van der Waals surface area (Å²) >= 11 is 1.85. The highest BCUT2D eigenvalue weighted by Crippen LogP contribution is 2.30. The summed E-state index contributed by atoms with van der Waals surface area (Å²) in [5, 5.41) is 4.77. The monoisotopic (exact) mass is 300 g/mol. The molecule has 1 saturated carbocycles. The molecule has 0 spiro atoms. The lowest BCUT2D eigenvalue weighted by Gasteiger charge is -2.05. The molecule has 0 saturated heterocycles. The predicted molar refractivity (Wildman–Crippen MR) is 90.9 cm³/mol. The fraction of sp³-hybridized carbons (Fsp3) is 0.500. The van der Waals surface area contributed by atoms with Crippen LogP contribution in [-0.4, -0.2) is 11.0 Å². The van der Waals surface area contributed by atoms with Crippen LogP contribution >= 0.6 is 11.3 Å². The van der Waals surface area contributed by atoms with Crippen molar-refractivity contribution in [3.05, 3.63) is 40.4 Å². The summed E-state index contributed by atoms with van der Waals surface area (Å²) < 4.78 is 0. The third kappa shape index (κ3) is 3.53. The van der Waals surface area contributed by atoms with Gasteiger partial charge >= 0.3 is 0 Å². The summed E-state index contributed by atoms with van der Waals surface area (Å²) in [7, 11) is 0. The fourth-order valence-electron chi connectivity index (χ4n) is 2.46. The van der Waals surface area contributed by atoms with Gasteiger partial charge in [-0.1, -0.05) is 45.0 Å². The third-order valence-electron chi connectivity index (χ3n) is 4.07. The number of benzene rings is 1. The minimum atomic E-state index is 0.583. The Kier molecular flexibility index (Phi) is 4.41. The molecular weight excluding hydrogens is 276 g/mol. The van der Waals surface area contributed by atoms with Crippen LogP contribution in [0.4, 0.5) is 0 Å². The van der Waals surface area contributed by atoms with Gasteiger partial charge in [0, 0.05) is 23.0 Å². The average molecular weight is 300 g/mol. The van der Waals surface area contributed by atoms with Crippen LogP contribution in [0.15, 0.2) is 24.3 Å². The summed E-state index contributed by atoms with van der Waals surface area (Å²) in [5.41, 5.74) is 3.90. The second kappa shape index (κ2) is 6.29. The van der Waals surface area contributed by atoms with Gasteiger partial charge in [0.2, 0.25) is 0 Å². The van der Waals surface area contributed by atoms with Crippen LogP contribution in [0.3, 0.4) is 0 Å². The predicted octanol–water partition coefficient (Wildman–Crippen LogP) is 4.75. The summed E-state index contributed by atoms with van der Waals surface area (Å²) in [4.78, 5) is 6.26. The molecule has 2 nitrogen and oxygen atoms in total. The van der Waals surface area contributed by atoms with Crippen LogP contribution in [0, 0.1) is 0 Å². The first-order valence-electron chi connectivity index (χ1n) is 7.99. The molecule has 1 aromatic heterocycles. The zero-order valence-corrected chi connectivity index (χ0v) is 14.0. The van der Waals surface area contributed by atoms with Crippen LogP contribution in [0.1, 0.15) is 55.7 Å². The summed E-state index contributed by atoms with van der Waals surface area (Å²) in [6.07, 6.45) is 3.69. The molecule has 0 aliphatic heterocycles. The van der Waals surface area contributed by atoms with E-state index in [9.17, 15) is 0 Å². The Labute approximate surface area is 131 Å². The van der Waals surface area contributed by atoms with Crippen molar-refractivity contribution < 1.29 is 0 Å². The zero-order valence-electron chi connectivity index (χ0n) is 13.1. The largest absolute Gasteiger partial charge is 0.309 e. The van der Waals surface area contributed by atoms with E-state index in [1.54, 1.807) is 0 Å². The number of nitrogens with one attached hydrogen (secondary N) is 1. The smallest absolute Gasteiger partial charge is 0.123 e. The molecule has 1 aliphatic carbocycles. The molecule has 1 heterocycles. The van der Waals surface area contributed by atoms with Crippen molar-refractivity contribution in [3.8, 4) is 10.6 Å². The first-order chi connectivity index (χ1) is 10.2. The second-order valence-corrected chi connectivity index (χ2v) is 7.26. The van der Waals surface area contributed by atoms with Crippen LogP contribution in [-0.2, 0) is 13.0 Å². The number of hydrogen-bond donors (Lipinski definition) is 1. The van der Waals surface area contributed by atoms with E-state index in [4.69, 9.17) is 4.98 Å². The Hall–Kier alpha value is -1.19. The molecule has 1 aromatic carbocycles. The first-order valence-corrected chi connectivity index (χ1v) is 8.81. The van der Waals surface area contributed by atoms with Crippen molar-refractivity contribution in [3.63, 3.8) is 0 Å². The Morgan fingerprint density at radius 2 is 1.95 bits per heavy atom. The van der Waals surface area contributed by atoms with E-state index in [1.165, 1.54) is 34.5 Å². The van der Waals surface area contributed by atoms with Crippen LogP contribution in [0.2, 0.25) is 0 Å². The SMILES string of the molecule is CCc1nc(-c2ccc(C(C)C)cc2)sc1CNC1CC1. The maximum absolute atomic E-state index is 4.85. The molecule has 0 atom stereocenters. The van der Waals surface area contributed by atoms with Gasteiger partial charge in [-0.15, -0.1) is 11.3 Å². The van der Waals surface area contributed by atoms with E-state index in [2.05, 4.69) is 50.4 Å². The molecule has 2 aromatic rings. The van der Waals surface area contributed by atoms with E-state index in [-0.39, 0.29) is 0 Å². The maximum atomic E-state index is 4.85. The van der Waals surface area contributed by atoms with E-state index in [1.807, 2.05) is 11.3 Å². The summed E-state index contributed by atoms with van der Waals surface area (Å²) in [6, 6.07) is 9.65. The molecule has 1 fully saturated rings. The van der Waals surface area contributed by atoms with Crippen LogP contribution < -0.4 is 5.32 Å². The number of aryl methyl sites for hydroxylation is 1. The molecule has 0 amide bonds. The molecular formula is C18H24N2S. The number of thiazole rings is 1. The topological polar surface area (TPSA) is 24.9 Å². The number of rotatable bonds is 6. The lowest BCUT2D eigenvalue weighted by molar-refractivity contribution is 0.689. The Balaban J connectivity index is 1.80. The molecule has 21 heavy (non-hydrogen) atoms. The van der Waals surface area contributed by atoms with E-state index in [0.29, 0.717) is 5.92 Å². The van der Waals surface area contributed by atoms with Gasteiger partial charge in [0.15, 0.2) is 0 Å². The van der Waals surface area contributed by atoms with Crippen molar-refractivity contribution in [1.29, 1.82) is 0 Å². The number of hydrogen-bond acceptors (Lipinski definition) is 3. The zero-order chi connectivity index (χ0) is 14.8. The van der Waals surface area contributed by atoms with Crippen molar-refractivity contribution >= 4 is 11.3 Å². The van der Waals surface area contributed by atoms with Crippen molar-refractivity contribution in [2.24, 2.45) is 0 Å². The van der Waals surface area contributed by atoms with Crippen molar-refractivity contribution in [1.82, 2.24) is 10.3 Å². The molecule has 0 radical (unpaired) electrons. The highest BCUT2D eigenvalue weighted by atomic mass is 32.1. The number of nitrogens with zero attached hydrogens (tertiary/aromatic N) is 1. The minimum Gasteiger partial charge on any atom is -0.309 e. The van der Waals surface area contributed by atoms with E-state index in [0.717, 1.165) is 24.0 Å². The lowest BCUT2D eigenvalue weighted by atomic mass is 10.0. The van der Waals surface area contributed by atoms with Gasteiger partial charge < -0.3 is 5.32 Å². The lowest BCUT2D eigenvalue weighted by Crippen LogP contribution is -2.15. The molecule has 3 rings (SSSR count). The molecule has 112 valence electrons. The van der Waals surface area contributed by atoms with E-state index >= 15 is 0 Å². The average Bonchev–Trinajstić information content (AvgIpc) is 3.23. The van der Waals surface area contributed by atoms with Gasteiger partial charge in [0.1, 0.15) is 5.01 Å². The van der Waals surface area contributed by atoms with E-state index < -0.39 is 0 Å². The van der Waals surface area contributed by atoms with Crippen LogP contribution in [0.5, 0.6) is 0 Å². The molecule has 3 heteroatoms. The van der Waals surface area contributed by atoms with Crippen LogP contribution in [0.25, 0.3) is 10.6 Å². The van der Waals surface area contributed by atoms with Crippen molar-refractivity contribution in [2.45, 2.75) is 58.5 Å². The molecule has 1 N–H and O–H groups in total. The second-order valence-electron chi connectivity index (χ2n) is 6.17. The Morgan fingerprint density at radius 1 is 1.24 bits per heavy atom. The minimum absolute atomic E-state index is 0.583. The standard InChI is InChI=1S/C18H24N2S/c1-4-16-17(11-19-15-9-10-15)21-18(20-16)14-7-5-13(6-8-14)12(2)3/h5-8,12,15,19H,4,9-11H2,1-3H3. The van der Waals surface area contributed by atoms with Gasteiger partial charge in [0.05, 0.1) is 5.69 Å². The third-order valence-corrected chi connectivity index (χ3v) is 5.21. The molecule has 0 bridgehead atoms. The fourth-order valence-corrected chi connectivity index (χ4v) is 3.56. The first kappa shape index (κ1) is 14.7. The van der Waals surface area contributed by atoms with Gasteiger partial charge in [-0.25, -0.2) is 4.98 Å². The quantitative estimate of drug-likeness (QED) is 0.833. The van der Waals surface area contributed by atoms with Gasteiger partial charge in [-0.05, 0) is 30.7 Å². The Morgan fingerprint density at radius 3 is 2.52 bits per heavy atom. The normalized spacial score (nSPS) is 14.9. The highest BCUT2D eigenvalue weighted by Gasteiger charge is 2.21. The molecule has 0 unspecified atom stereocenters. The van der Waals surface area contributed by atoms with Gasteiger partial charge in [-0.3, -0.25) is 0 Å². The summed E-state index contributed by atoms with van der Waals surface area (Å²) in [6.45, 7) is 7.64. The van der Waals surface area contributed by atoms with Crippen molar-refractivity contribution in [2.75, 3.05) is 0 Å². The maximum Gasteiger partial charge on any atom is 0.123 e. The number of aromatic nitrogens is 1. The van der Waals surface area contributed by atoms with Gasteiger partial charge in [-0.2, -0.15) is 0 Å². The Bertz CT molecular complexity index is 594. The highest BCUT2D eigenvalue weighted by molar-refractivity contribution is 7.15. The van der Waals surface area contributed by atoms with Gasteiger partial charge in [0.25, 0.3) is 0 Å². The summed E-state index contributed by atoms with van der Waals surface area (Å²) in [5.74, 6) is 0.583.